The molecular weight excluding hydrogens is 519 g/mol. The summed E-state index contributed by atoms with van der Waals surface area (Å²) in [4.78, 5) is 34.3. The van der Waals surface area contributed by atoms with Crippen molar-refractivity contribution in [3.8, 4) is 0 Å². The van der Waals surface area contributed by atoms with E-state index in [4.69, 9.17) is 0 Å². The summed E-state index contributed by atoms with van der Waals surface area (Å²) in [6.07, 6.45) is 3.44. The van der Waals surface area contributed by atoms with Gasteiger partial charge >= 0.3 is 0 Å². The van der Waals surface area contributed by atoms with Gasteiger partial charge in [0.05, 0.1) is 0 Å². The van der Waals surface area contributed by atoms with E-state index in [1.54, 1.807) is 26.0 Å². The van der Waals surface area contributed by atoms with Crippen LogP contribution in [0, 0.1) is 5.92 Å². The van der Waals surface area contributed by atoms with Crippen molar-refractivity contribution >= 4 is 47.4 Å². The Kier molecular flexibility index (Phi) is 13.0. The molecule has 2 amide bonds. The third-order valence-electron chi connectivity index (χ3n) is 5.68. The molecule has 0 unspecified atom stereocenters. The Morgan fingerprint density at radius 3 is 2.38 bits per heavy atom. The van der Waals surface area contributed by atoms with Crippen molar-refractivity contribution in [1.82, 2.24) is 20.4 Å². The lowest BCUT2D eigenvalue weighted by molar-refractivity contribution is -0.127. The van der Waals surface area contributed by atoms with Gasteiger partial charge in [-0.05, 0) is 37.3 Å². The number of piperidine rings is 1. The van der Waals surface area contributed by atoms with Crippen LogP contribution in [0.4, 0.5) is 5.69 Å². The van der Waals surface area contributed by atoms with Crippen molar-refractivity contribution in [2.24, 2.45) is 10.9 Å². The van der Waals surface area contributed by atoms with Crippen molar-refractivity contribution in [3.05, 3.63) is 30.3 Å². The minimum Gasteiger partial charge on any atom is -0.375 e. The number of carbonyl (C=O) groups is 2. The first-order valence-electron chi connectivity index (χ1n) is 11.1. The molecule has 9 heteroatoms. The molecule has 1 aliphatic heterocycles. The van der Waals surface area contributed by atoms with E-state index in [1.807, 2.05) is 18.2 Å². The fourth-order valence-electron chi connectivity index (χ4n) is 3.59. The lowest BCUT2D eigenvalue weighted by atomic mass is 9.93. The van der Waals surface area contributed by atoms with Crippen molar-refractivity contribution in [3.63, 3.8) is 0 Å². The van der Waals surface area contributed by atoms with E-state index in [0.717, 1.165) is 51.4 Å². The van der Waals surface area contributed by atoms with Crippen LogP contribution < -0.4 is 15.5 Å². The van der Waals surface area contributed by atoms with E-state index in [9.17, 15) is 9.59 Å². The van der Waals surface area contributed by atoms with E-state index >= 15 is 0 Å². The zero-order valence-electron chi connectivity index (χ0n) is 19.8. The fourth-order valence-corrected chi connectivity index (χ4v) is 3.59. The highest BCUT2D eigenvalue weighted by molar-refractivity contribution is 14.0. The summed E-state index contributed by atoms with van der Waals surface area (Å²) >= 11 is 0. The maximum atomic E-state index is 12.0. The summed E-state index contributed by atoms with van der Waals surface area (Å²) in [5.41, 5.74) is 1.20. The van der Waals surface area contributed by atoms with Crippen LogP contribution in [0.1, 0.15) is 25.7 Å². The molecule has 0 aromatic heterocycles. The minimum absolute atomic E-state index is 0. The first-order valence-corrected chi connectivity index (χ1v) is 11.1. The molecule has 0 spiro atoms. The summed E-state index contributed by atoms with van der Waals surface area (Å²) in [7, 11) is 7.27. The molecular formula is C23H39IN6O2. The Morgan fingerprint density at radius 2 is 1.78 bits per heavy atom. The van der Waals surface area contributed by atoms with Gasteiger partial charge in [-0.2, -0.15) is 0 Å². The largest absolute Gasteiger partial charge is 0.375 e. The van der Waals surface area contributed by atoms with Gasteiger partial charge in [-0.3, -0.25) is 9.59 Å². The molecule has 0 saturated carbocycles. The second-order valence-corrected chi connectivity index (χ2v) is 8.27. The summed E-state index contributed by atoms with van der Waals surface area (Å²) in [6.45, 7) is 3.53. The third-order valence-corrected chi connectivity index (χ3v) is 5.68. The number of guanidine groups is 1. The molecule has 1 aliphatic rings. The number of amides is 2. The second kappa shape index (κ2) is 14.9. The maximum absolute atomic E-state index is 12.0. The molecule has 32 heavy (non-hydrogen) atoms. The second-order valence-electron chi connectivity index (χ2n) is 8.27. The monoisotopic (exact) mass is 558 g/mol. The molecule has 1 aromatic carbocycles. The maximum Gasteiger partial charge on any atom is 0.243 e. The molecule has 1 aromatic rings. The number of nitrogens with zero attached hydrogens (tertiary/aromatic N) is 4. The summed E-state index contributed by atoms with van der Waals surface area (Å²) in [6, 6.07) is 10.3. The van der Waals surface area contributed by atoms with Crippen LogP contribution in [0.25, 0.3) is 0 Å². The van der Waals surface area contributed by atoms with E-state index in [1.165, 1.54) is 5.69 Å². The van der Waals surface area contributed by atoms with Gasteiger partial charge in [-0.15, -0.1) is 24.0 Å². The van der Waals surface area contributed by atoms with Gasteiger partial charge in [0.25, 0.3) is 0 Å². The third kappa shape index (κ3) is 9.62. The number of carbonyl (C=O) groups excluding carboxylic acids is 2. The molecule has 2 rings (SSSR count). The van der Waals surface area contributed by atoms with Crippen LogP contribution in [-0.4, -0.2) is 88.5 Å². The average Bonchev–Trinajstić information content (AvgIpc) is 2.79. The smallest absolute Gasteiger partial charge is 0.243 e. The predicted octanol–water partition coefficient (Wildman–Crippen LogP) is 2.01. The number of benzene rings is 1. The van der Waals surface area contributed by atoms with E-state index in [2.05, 4.69) is 44.6 Å². The molecule has 1 saturated heterocycles. The first-order chi connectivity index (χ1) is 14.9. The first kappa shape index (κ1) is 28.0. The molecule has 0 bridgehead atoms. The van der Waals surface area contributed by atoms with E-state index in [0.29, 0.717) is 12.3 Å². The molecule has 180 valence electrons. The van der Waals surface area contributed by atoms with Crippen LogP contribution >= 0.6 is 24.0 Å². The number of para-hydroxylation sites is 1. The quantitative estimate of drug-likeness (QED) is 0.210. The van der Waals surface area contributed by atoms with Crippen LogP contribution in [0.5, 0.6) is 0 Å². The fraction of sp³-hybridized carbons (Fsp3) is 0.609. The number of rotatable bonds is 9. The van der Waals surface area contributed by atoms with Crippen LogP contribution in [-0.2, 0) is 9.59 Å². The standard InChI is InChI=1S/C23H38N6O2.HI/c1-24-21(30)17-19-11-15-29(16-12-19)23(26-18-22(31)27(2)3)25-13-8-14-28(4)20-9-6-5-7-10-20;/h5-7,9-10,19H,8,11-18H2,1-4H3,(H,24,30)(H,25,26);1H. The van der Waals surface area contributed by atoms with Gasteiger partial charge in [-0.25, -0.2) is 4.99 Å². The Balaban J connectivity index is 0.00000512. The Labute approximate surface area is 209 Å². The molecule has 0 atom stereocenters. The molecule has 1 heterocycles. The van der Waals surface area contributed by atoms with E-state index < -0.39 is 0 Å². The minimum atomic E-state index is -0.0161. The number of aliphatic imine (C=N–C) groups is 1. The lowest BCUT2D eigenvalue weighted by Gasteiger charge is -2.34. The van der Waals surface area contributed by atoms with Gasteiger partial charge in [0.1, 0.15) is 6.54 Å². The van der Waals surface area contributed by atoms with Gasteiger partial charge in [-0.1, -0.05) is 18.2 Å². The number of anilines is 1. The lowest BCUT2D eigenvalue weighted by Crippen LogP contribution is -2.47. The summed E-state index contributed by atoms with van der Waals surface area (Å²) < 4.78 is 0. The van der Waals surface area contributed by atoms with Gasteiger partial charge < -0.3 is 25.3 Å². The Morgan fingerprint density at radius 1 is 1.12 bits per heavy atom. The zero-order valence-corrected chi connectivity index (χ0v) is 22.2. The number of hydrogen-bond donors (Lipinski definition) is 2. The molecule has 8 nitrogen and oxygen atoms in total. The van der Waals surface area contributed by atoms with Crippen LogP contribution in [0.15, 0.2) is 35.3 Å². The molecule has 1 fully saturated rings. The van der Waals surface area contributed by atoms with E-state index in [-0.39, 0.29) is 42.3 Å². The van der Waals surface area contributed by atoms with Crippen molar-refractivity contribution < 1.29 is 9.59 Å². The zero-order chi connectivity index (χ0) is 22.6. The number of halogens is 1. The summed E-state index contributed by atoms with van der Waals surface area (Å²) in [5.74, 6) is 1.28. The SMILES string of the molecule is CNC(=O)CC1CCN(C(=NCC(=O)N(C)C)NCCCN(C)c2ccccc2)CC1.I. The highest BCUT2D eigenvalue weighted by Gasteiger charge is 2.23. The van der Waals surface area contributed by atoms with Crippen molar-refractivity contribution in [2.75, 3.05) is 65.8 Å². The summed E-state index contributed by atoms with van der Waals surface area (Å²) in [5, 5.41) is 6.17. The highest BCUT2D eigenvalue weighted by Crippen LogP contribution is 2.20. The average molecular weight is 559 g/mol. The molecule has 0 aliphatic carbocycles. The highest BCUT2D eigenvalue weighted by atomic mass is 127. The Bertz CT molecular complexity index is 720. The normalized spacial score (nSPS) is 14.4. The number of likely N-dealkylation sites (N-methyl/N-ethyl adjacent to an activating group) is 1. The van der Waals surface area contributed by atoms with Crippen LogP contribution in [0.2, 0.25) is 0 Å². The van der Waals surface area contributed by atoms with Crippen LogP contribution in [0.3, 0.4) is 0 Å². The topological polar surface area (TPSA) is 80.3 Å². The van der Waals surface area contributed by atoms with Gasteiger partial charge in [0.15, 0.2) is 5.96 Å². The van der Waals surface area contributed by atoms with Gasteiger partial charge in [0, 0.05) is 66.5 Å². The van der Waals surface area contributed by atoms with Crippen molar-refractivity contribution in [2.45, 2.75) is 25.7 Å². The predicted molar refractivity (Wildman–Crippen MR) is 142 cm³/mol. The number of likely N-dealkylation sites (tertiary alicyclic amines) is 1. The Hall–Kier alpha value is -2.04. The molecule has 0 radical (unpaired) electrons. The number of hydrogen-bond acceptors (Lipinski definition) is 4. The number of nitrogens with one attached hydrogen (secondary N) is 2. The van der Waals surface area contributed by atoms with Crippen molar-refractivity contribution in [1.29, 1.82) is 0 Å². The molecule has 2 N–H and O–H groups in total. The van der Waals surface area contributed by atoms with Gasteiger partial charge in [0.2, 0.25) is 11.8 Å².